The van der Waals surface area contributed by atoms with Gasteiger partial charge >= 0.3 is 12.6 Å². The zero-order valence-corrected chi connectivity index (χ0v) is 16.5. The lowest BCUT2D eigenvalue weighted by Gasteiger charge is -2.32. The van der Waals surface area contributed by atoms with E-state index in [4.69, 9.17) is 0 Å². The first-order chi connectivity index (χ1) is 13.0. The fourth-order valence-electron chi connectivity index (χ4n) is 3.40. The van der Waals surface area contributed by atoms with Gasteiger partial charge in [-0.05, 0) is 52.3 Å². The lowest BCUT2D eigenvalue weighted by atomic mass is 9.92. The van der Waals surface area contributed by atoms with Crippen LogP contribution in [0.5, 0.6) is 5.75 Å². The highest BCUT2D eigenvalue weighted by Gasteiger charge is 2.49. The molecular formula is C19H25F2N3O4. The average molecular weight is 397 g/mol. The number of amides is 4. The molecule has 0 spiro atoms. The first-order valence-corrected chi connectivity index (χ1v) is 8.98. The van der Waals surface area contributed by atoms with E-state index < -0.39 is 24.1 Å². The molecule has 1 aromatic rings. The zero-order chi connectivity index (χ0) is 21.2. The van der Waals surface area contributed by atoms with E-state index in [9.17, 15) is 23.2 Å². The molecule has 4 amide bonds. The fourth-order valence-corrected chi connectivity index (χ4v) is 3.40. The Morgan fingerprint density at radius 1 is 1.14 bits per heavy atom. The average Bonchev–Trinajstić information content (AvgIpc) is 2.78. The zero-order valence-electron chi connectivity index (χ0n) is 16.5. The van der Waals surface area contributed by atoms with E-state index in [-0.39, 0.29) is 30.3 Å². The first-order valence-electron chi connectivity index (χ1n) is 8.98. The molecule has 1 fully saturated rings. The fraction of sp³-hybridized carbons (Fsp3) is 0.526. The largest absolute Gasteiger partial charge is 0.435 e. The lowest BCUT2D eigenvalue weighted by molar-refractivity contribution is -0.141. The van der Waals surface area contributed by atoms with Crippen LogP contribution >= 0.6 is 0 Å². The predicted molar refractivity (Wildman–Crippen MR) is 97.8 cm³/mol. The summed E-state index contributed by atoms with van der Waals surface area (Å²) in [4.78, 5) is 40.4. The number of halogens is 2. The summed E-state index contributed by atoms with van der Waals surface area (Å²) in [6.07, 6.45) is 0. The molecule has 9 heteroatoms. The van der Waals surface area contributed by atoms with Crippen molar-refractivity contribution in [1.82, 2.24) is 15.1 Å². The quantitative estimate of drug-likeness (QED) is 0.718. The Hall–Kier alpha value is -2.71. The van der Waals surface area contributed by atoms with Gasteiger partial charge in [-0.3, -0.25) is 14.5 Å². The predicted octanol–water partition coefficient (Wildman–Crippen LogP) is 2.70. The van der Waals surface area contributed by atoms with Crippen LogP contribution in [0.1, 0.15) is 40.2 Å². The molecule has 1 saturated heterocycles. The maximum absolute atomic E-state index is 12.9. The third kappa shape index (κ3) is 4.23. The van der Waals surface area contributed by atoms with Crippen molar-refractivity contribution >= 4 is 17.8 Å². The Morgan fingerprint density at radius 3 is 2.14 bits per heavy atom. The molecule has 0 bridgehead atoms. The SMILES string of the molecule is CC(C)N(C(=O)CN1C(=O)N[C@@](C)(c2ccc(OC(F)F)cc2)C1=O)C(C)C. The number of nitrogens with zero attached hydrogens (tertiary/aromatic N) is 2. The molecule has 7 nitrogen and oxygen atoms in total. The Balaban J connectivity index is 2.21. The third-order valence-corrected chi connectivity index (χ3v) is 4.63. The van der Waals surface area contributed by atoms with Gasteiger partial charge in [0.2, 0.25) is 5.91 Å². The molecule has 0 aromatic heterocycles. The number of carbonyl (C=O) groups is 3. The molecular weight excluding hydrogens is 372 g/mol. The van der Waals surface area contributed by atoms with Crippen molar-refractivity contribution in [2.45, 2.75) is 58.9 Å². The molecule has 1 aliphatic heterocycles. The lowest BCUT2D eigenvalue weighted by Crippen LogP contribution is -2.49. The van der Waals surface area contributed by atoms with Gasteiger partial charge in [0.05, 0.1) is 0 Å². The second-order valence-electron chi connectivity index (χ2n) is 7.34. The molecule has 0 radical (unpaired) electrons. The van der Waals surface area contributed by atoms with Crippen LogP contribution in [-0.4, -0.2) is 52.9 Å². The van der Waals surface area contributed by atoms with Gasteiger partial charge < -0.3 is 15.0 Å². The third-order valence-electron chi connectivity index (χ3n) is 4.63. The van der Waals surface area contributed by atoms with Crippen LogP contribution in [0.3, 0.4) is 0 Å². The number of imide groups is 1. The van der Waals surface area contributed by atoms with Crippen molar-refractivity contribution in [2.75, 3.05) is 6.54 Å². The number of hydrogen-bond donors (Lipinski definition) is 1. The minimum atomic E-state index is -2.96. The van der Waals surface area contributed by atoms with Gasteiger partial charge in [0.1, 0.15) is 17.8 Å². The summed E-state index contributed by atoms with van der Waals surface area (Å²) in [5.41, 5.74) is -1.01. The van der Waals surface area contributed by atoms with Crippen molar-refractivity contribution in [3.63, 3.8) is 0 Å². The second kappa shape index (κ2) is 8.12. The molecule has 154 valence electrons. The summed E-state index contributed by atoms with van der Waals surface area (Å²) in [6.45, 7) is 5.61. The van der Waals surface area contributed by atoms with Gasteiger partial charge in [0.25, 0.3) is 5.91 Å². The number of urea groups is 1. The summed E-state index contributed by atoms with van der Waals surface area (Å²) in [5, 5.41) is 2.59. The normalized spacial score (nSPS) is 19.6. The molecule has 0 unspecified atom stereocenters. The number of ether oxygens (including phenoxy) is 1. The van der Waals surface area contributed by atoms with Crippen LogP contribution in [0.2, 0.25) is 0 Å². The van der Waals surface area contributed by atoms with Crippen molar-refractivity contribution in [1.29, 1.82) is 0 Å². The van der Waals surface area contributed by atoms with Gasteiger partial charge in [-0.2, -0.15) is 8.78 Å². The maximum atomic E-state index is 12.9. The second-order valence-corrected chi connectivity index (χ2v) is 7.34. The molecule has 0 aliphatic carbocycles. The van der Waals surface area contributed by atoms with Crippen LogP contribution in [0, 0.1) is 0 Å². The van der Waals surface area contributed by atoms with Crippen molar-refractivity contribution in [3.8, 4) is 5.75 Å². The first kappa shape index (κ1) is 21.6. The van der Waals surface area contributed by atoms with E-state index in [2.05, 4.69) is 10.1 Å². The number of benzene rings is 1. The number of rotatable bonds is 7. The van der Waals surface area contributed by atoms with Gasteiger partial charge in [0.15, 0.2) is 0 Å². The standard InChI is InChI=1S/C19H25F2N3O4/c1-11(2)24(12(3)4)15(25)10-23-16(26)19(5,22-18(23)27)13-6-8-14(9-7-13)28-17(20)21/h6-9,11-12,17H,10H2,1-5H3,(H,22,27)/t19-/m0/s1. The topological polar surface area (TPSA) is 79.0 Å². The van der Waals surface area contributed by atoms with E-state index in [1.807, 2.05) is 27.7 Å². The maximum Gasteiger partial charge on any atom is 0.387 e. The summed E-state index contributed by atoms with van der Waals surface area (Å²) in [5.74, 6) is -0.977. The monoisotopic (exact) mass is 397 g/mol. The van der Waals surface area contributed by atoms with E-state index in [0.717, 1.165) is 4.90 Å². The molecule has 1 N–H and O–H groups in total. The van der Waals surface area contributed by atoms with Gasteiger partial charge in [-0.15, -0.1) is 0 Å². The Kier molecular flexibility index (Phi) is 6.26. The summed E-state index contributed by atoms with van der Waals surface area (Å²) in [6, 6.07) is 4.59. The Labute approximate surface area is 162 Å². The van der Waals surface area contributed by atoms with Crippen molar-refractivity contribution < 1.29 is 27.9 Å². The van der Waals surface area contributed by atoms with Crippen LogP contribution in [-0.2, 0) is 15.1 Å². The Morgan fingerprint density at radius 2 is 1.68 bits per heavy atom. The number of nitrogens with one attached hydrogen (secondary N) is 1. The molecule has 1 aromatic carbocycles. The minimum absolute atomic E-state index is 0.0596. The highest BCUT2D eigenvalue weighted by atomic mass is 19.3. The number of alkyl halides is 2. The molecule has 1 atom stereocenters. The summed E-state index contributed by atoms with van der Waals surface area (Å²) < 4.78 is 28.9. The van der Waals surface area contributed by atoms with E-state index >= 15 is 0 Å². The molecule has 0 saturated carbocycles. The van der Waals surface area contributed by atoms with Gasteiger partial charge in [0, 0.05) is 12.1 Å². The smallest absolute Gasteiger partial charge is 0.387 e. The minimum Gasteiger partial charge on any atom is -0.435 e. The highest BCUT2D eigenvalue weighted by molar-refractivity contribution is 6.09. The van der Waals surface area contributed by atoms with Crippen LogP contribution < -0.4 is 10.1 Å². The van der Waals surface area contributed by atoms with Crippen LogP contribution in [0.15, 0.2) is 24.3 Å². The summed E-state index contributed by atoms with van der Waals surface area (Å²) in [7, 11) is 0. The van der Waals surface area contributed by atoms with Crippen LogP contribution in [0.4, 0.5) is 13.6 Å². The van der Waals surface area contributed by atoms with Gasteiger partial charge in [-0.1, -0.05) is 12.1 Å². The van der Waals surface area contributed by atoms with E-state index in [1.165, 1.54) is 31.2 Å². The van der Waals surface area contributed by atoms with E-state index in [1.54, 1.807) is 4.90 Å². The van der Waals surface area contributed by atoms with Crippen LogP contribution in [0.25, 0.3) is 0 Å². The summed E-state index contributed by atoms with van der Waals surface area (Å²) >= 11 is 0. The highest BCUT2D eigenvalue weighted by Crippen LogP contribution is 2.30. The number of carbonyl (C=O) groups excluding carboxylic acids is 3. The van der Waals surface area contributed by atoms with Crippen molar-refractivity contribution in [2.24, 2.45) is 0 Å². The molecule has 2 rings (SSSR count). The molecule has 28 heavy (non-hydrogen) atoms. The van der Waals surface area contributed by atoms with E-state index in [0.29, 0.717) is 5.56 Å². The Bertz CT molecular complexity index is 744. The van der Waals surface area contributed by atoms with Crippen molar-refractivity contribution in [3.05, 3.63) is 29.8 Å². The molecule has 1 aliphatic rings. The number of hydrogen-bond acceptors (Lipinski definition) is 4. The van der Waals surface area contributed by atoms with Gasteiger partial charge in [-0.25, -0.2) is 4.79 Å². The molecule has 1 heterocycles.